The van der Waals surface area contributed by atoms with Crippen molar-refractivity contribution in [2.75, 3.05) is 6.61 Å². The Bertz CT molecular complexity index is 193. The molecule has 72 valence electrons. The van der Waals surface area contributed by atoms with Gasteiger partial charge in [0.15, 0.2) is 11.1 Å². The van der Waals surface area contributed by atoms with Crippen molar-refractivity contribution in [3.05, 3.63) is 0 Å². The molecule has 1 heterocycles. The van der Waals surface area contributed by atoms with Gasteiger partial charge in [-0.1, -0.05) is 34.8 Å². The van der Waals surface area contributed by atoms with E-state index in [1.807, 2.05) is 0 Å². The van der Waals surface area contributed by atoms with Crippen LogP contribution in [0.1, 0.15) is 6.42 Å². The van der Waals surface area contributed by atoms with Gasteiger partial charge in [0.05, 0.1) is 11.9 Å². The topological polar surface area (TPSA) is 46.5 Å². The smallest absolute Gasteiger partial charge is 0.217 e. The summed E-state index contributed by atoms with van der Waals surface area (Å²) in [6, 6.07) is 0. The molecule has 1 aliphatic heterocycles. The zero-order valence-electron chi connectivity index (χ0n) is 5.87. The van der Waals surface area contributed by atoms with Gasteiger partial charge in [-0.05, 0) is 6.42 Å². The van der Waals surface area contributed by atoms with Gasteiger partial charge < -0.3 is 5.11 Å². The molecule has 0 radical (unpaired) electrons. The third-order valence-electron chi connectivity index (χ3n) is 1.54. The summed E-state index contributed by atoms with van der Waals surface area (Å²) in [6.45, 7) is 0.328. The molecule has 12 heavy (non-hydrogen) atoms. The van der Waals surface area contributed by atoms with Crippen molar-refractivity contribution in [1.82, 2.24) is 0 Å². The maximum atomic E-state index is 11.0. The third kappa shape index (κ3) is 2.47. The Morgan fingerprint density at radius 2 is 2.17 bits per heavy atom. The summed E-state index contributed by atoms with van der Waals surface area (Å²) in [5, 5.41) is 8.79. The Labute approximate surface area is 87.6 Å². The lowest BCUT2D eigenvalue weighted by molar-refractivity contribution is 0.173. The highest BCUT2D eigenvalue weighted by molar-refractivity contribution is 7.81. The second-order valence-electron chi connectivity index (χ2n) is 2.40. The number of aliphatic hydroxyl groups excluding tert-OH is 1. The number of aliphatic hydroxyl groups is 1. The molecule has 3 nitrogen and oxygen atoms in total. The SMILES string of the molecule is O=[S@@]1OCC[C@@H]1[C@@H](O)C(Cl)(Cl)Cl. The molecule has 0 aromatic heterocycles. The van der Waals surface area contributed by atoms with Gasteiger partial charge in [0, 0.05) is 0 Å². The molecule has 1 fully saturated rings. The summed E-state index contributed by atoms with van der Waals surface area (Å²) >= 11 is 14.7. The molecule has 1 N–H and O–H groups in total. The van der Waals surface area contributed by atoms with Crippen LogP contribution in [0.5, 0.6) is 0 Å². The first kappa shape index (κ1) is 11.0. The highest BCUT2D eigenvalue weighted by Crippen LogP contribution is 2.35. The number of halogens is 3. The molecular formula is C5H7Cl3O3S. The van der Waals surface area contributed by atoms with E-state index in [4.69, 9.17) is 39.0 Å². The summed E-state index contributed by atoms with van der Waals surface area (Å²) in [5.41, 5.74) is 0. The monoisotopic (exact) mass is 252 g/mol. The van der Waals surface area contributed by atoms with E-state index in [1.165, 1.54) is 0 Å². The Kier molecular flexibility index (Phi) is 3.66. The first-order valence-electron chi connectivity index (χ1n) is 3.21. The van der Waals surface area contributed by atoms with Crippen molar-refractivity contribution in [2.45, 2.75) is 21.6 Å². The normalized spacial score (nSPS) is 33.7. The van der Waals surface area contributed by atoms with Gasteiger partial charge in [0.1, 0.15) is 6.10 Å². The third-order valence-corrected chi connectivity index (χ3v) is 3.59. The average Bonchev–Trinajstić information content (AvgIpc) is 2.31. The van der Waals surface area contributed by atoms with Crippen LogP contribution in [0.15, 0.2) is 0 Å². The minimum Gasteiger partial charge on any atom is -0.387 e. The summed E-state index contributed by atoms with van der Waals surface area (Å²) in [6.07, 6.45) is -0.798. The van der Waals surface area contributed by atoms with E-state index in [0.29, 0.717) is 13.0 Å². The van der Waals surface area contributed by atoms with Gasteiger partial charge in [-0.15, -0.1) is 0 Å². The molecule has 1 aliphatic rings. The van der Waals surface area contributed by atoms with Crippen LogP contribution in [0.3, 0.4) is 0 Å². The highest BCUT2D eigenvalue weighted by atomic mass is 35.6. The molecule has 0 aliphatic carbocycles. The predicted molar refractivity (Wildman–Crippen MR) is 48.8 cm³/mol. The fourth-order valence-electron chi connectivity index (χ4n) is 0.904. The minimum atomic E-state index is -1.80. The molecule has 3 atom stereocenters. The molecule has 0 spiro atoms. The van der Waals surface area contributed by atoms with E-state index in [0.717, 1.165) is 0 Å². The van der Waals surface area contributed by atoms with E-state index in [-0.39, 0.29) is 0 Å². The van der Waals surface area contributed by atoms with Gasteiger partial charge in [-0.25, -0.2) is 4.21 Å². The molecule has 0 aromatic carbocycles. The fraction of sp³-hybridized carbons (Fsp3) is 1.00. The molecule has 0 amide bonds. The van der Waals surface area contributed by atoms with Gasteiger partial charge >= 0.3 is 0 Å². The van der Waals surface area contributed by atoms with E-state index < -0.39 is 26.2 Å². The molecule has 0 bridgehead atoms. The van der Waals surface area contributed by atoms with Gasteiger partial charge in [0.2, 0.25) is 3.79 Å². The summed E-state index contributed by atoms with van der Waals surface area (Å²) in [7, 11) is 0. The molecule has 1 rings (SSSR count). The van der Waals surface area contributed by atoms with Crippen LogP contribution >= 0.6 is 34.8 Å². The number of hydrogen-bond donors (Lipinski definition) is 1. The van der Waals surface area contributed by atoms with Crippen molar-refractivity contribution >= 4 is 45.9 Å². The zero-order valence-corrected chi connectivity index (χ0v) is 8.96. The van der Waals surface area contributed by atoms with Gasteiger partial charge in [-0.2, -0.15) is 0 Å². The van der Waals surface area contributed by atoms with E-state index in [2.05, 4.69) is 0 Å². The summed E-state index contributed by atoms with van der Waals surface area (Å²) in [5.74, 6) is 0. The molecular weight excluding hydrogens is 246 g/mol. The van der Waals surface area contributed by atoms with E-state index in [1.54, 1.807) is 0 Å². The molecule has 0 saturated carbocycles. The van der Waals surface area contributed by atoms with Crippen molar-refractivity contribution in [2.24, 2.45) is 0 Å². The highest BCUT2D eigenvalue weighted by Gasteiger charge is 2.42. The van der Waals surface area contributed by atoms with Crippen LogP contribution in [0, 0.1) is 0 Å². The number of rotatable bonds is 1. The number of hydrogen-bond acceptors (Lipinski definition) is 3. The maximum Gasteiger partial charge on any atom is 0.217 e. The summed E-state index contributed by atoms with van der Waals surface area (Å²) in [4.78, 5) is 0. The Hall–Kier alpha value is 0.940. The van der Waals surface area contributed by atoms with Crippen LogP contribution in [0.4, 0.5) is 0 Å². The van der Waals surface area contributed by atoms with Gasteiger partial charge in [-0.3, -0.25) is 4.18 Å². The van der Waals surface area contributed by atoms with Crippen LogP contribution in [-0.4, -0.2) is 31.1 Å². The molecule has 0 aromatic rings. The number of alkyl halides is 3. The quantitative estimate of drug-likeness (QED) is 0.714. The van der Waals surface area contributed by atoms with Crippen LogP contribution in [0.25, 0.3) is 0 Å². The first-order chi connectivity index (χ1) is 5.43. The lowest BCUT2D eigenvalue weighted by atomic mass is 10.2. The minimum absolute atomic E-state index is 0.328. The van der Waals surface area contributed by atoms with Crippen LogP contribution < -0.4 is 0 Å². The maximum absolute atomic E-state index is 11.0. The Balaban J connectivity index is 2.63. The lowest BCUT2D eigenvalue weighted by Crippen LogP contribution is -2.38. The molecule has 0 unspecified atom stereocenters. The Morgan fingerprint density at radius 1 is 1.58 bits per heavy atom. The van der Waals surface area contributed by atoms with Crippen molar-refractivity contribution in [3.63, 3.8) is 0 Å². The average molecular weight is 254 g/mol. The first-order valence-corrected chi connectivity index (χ1v) is 5.49. The second kappa shape index (κ2) is 3.98. The molecule has 1 saturated heterocycles. The van der Waals surface area contributed by atoms with E-state index in [9.17, 15) is 9.32 Å². The lowest BCUT2D eigenvalue weighted by Gasteiger charge is -2.22. The van der Waals surface area contributed by atoms with E-state index >= 15 is 0 Å². The second-order valence-corrected chi connectivity index (χ2v) is 6.13. The van der Waals surface area contributed by atoms with Crippen molar-refractivity contribution in [1.29, 1.82) is 0 Å². The molecule has 7 heteroatoms. The standard InChI is InChI=1S/C5H7Cl3O3S/c6-5(7,8)4(9)3-1-2-11-12(3)10/h3-4,9H,1-2H2/t3-,4-,12-/m1/s1. The Morgan fingerprint density at radius 3 is 2.50 bits per heavy atom. The summed E-state index contributed by atoms with van der Waals surface area (Å²) < 4.78 is 13.9. The zero-order chi connectivity index (χ0) is 9.35. The van der Waals surface area contributed by atoms with Gasteiger partial charge in [0.25, 0.3) is 0 Å². The van der Waals surface area contributed by atoms with Crippen molar-refractivity contribution < 1.29 is 13.5 Å². The largest absolute Gasteiger partial charge is 0.387 e. The van der Waals surface area contributed by atoms with Crippen LogP contribution in [0.2, 0.25) is 0 Å². The van der Waals surface area contributed by atoms with Crippen molar-refractivity contribution in [3.8, 4) is 0 Å². The fourth-order valence-corrected chi connectivity index (χ4v) is 2.72. The predicted octanol–water partition coefficient (Wildman–Crippen LogP) is 1.17. The van der Waals surface area contributed by atoms with Crippen LogP contribution in [-0.2, 0) is 15.3 Å².